The molecule has 2 aromatic carbocycles. The molecule has 1 saturated heterocycles. The fourth-order valence-electron chi connectivity index (χ4n) is 3.07. The third kappa shape index (κ3) is 2.27. The molecule has 0 amide bonds. The lowest BCUT2D eigenvalue weighted by atomic mass is 9.72. The zero-order valence-electron chi connectivity index (χ0n) is 12.4. The molecule has 1 aliphatic heterocycles. The summed E-state index contributed by atoms with van der Waals surface area (Å²) in [5.41, 5.74) is 15.2. The smallest absolute Gasteiger partial charge is 0.117 e. The Kier molecular flexibility index (Phi) is 3.57. The van der Waals surface area contributed by atoms with Crippen LogP contribution in [0, 0.1) is 0 Å². The van der Waals surface area contributed by atoms with Gasteiger partial charge in [0.15, 0.2) is 0 Å². The van der Waals surface area contributed by atoms with Gasteiger partial charge < -0.3 is 16.2 Å². The second-order valence-electron chi connectivity index (χ2n) is 5.91. The first-order chi connectivity index (χ1) is 10.1. The lowest BCUT2D eigenvalue weighted by molar-refractivity contribution is -0.0627. The van der Waals surface area contributed by atoms with Crippen LogP contribution in [0.3, 0.4) is 0 Å². The zero-order chi connectivity index (χ0) is 14.9. The lowest BCUT2D eigenvalue weighted by Gasteiger charge is -2.44. The maximum atomic E-state index is 6.53. The van der Waals surface area contributed by atoms with Crippen molar-refractivity contribution in [3.05, 3.63) is 71.3 Å². The van der Waals surface area contributed by atoms with Gasteiger partial charge in [0.05, 0.1) is 13.2 Å². The van der Waals surface area contributed by atoms with Crippen LogP contribution in [0.1, 0.15) is 30.0 Å². The summed E-state index contributed by atoms with van der Waals surface area (Å²) in [5.74, 6) is 0. The van der Waals surface area contributed by atoms with E-state index in [1.54, 1.807) is 0 Å². The second kappa shape index (κ2) is 5.26. The molecule has 110 valence electrons. The molecule has 1 aliphatic rings. The van der Waals surface area contributed by atoms with Crippen LogP contribution in [0.4, 0.5) is 0 Å². The summed E-state index contributed by atoms with van der Waals surface area (Å²) in [7, 11) is 0. The molecule has 0 atom stereocenters. The van der Waals surface area contributed by atoms with Gasteiger partial charge in [0.25, 0.3) is 0 Å². The molecule has 2 aromatic rings. The molecule has 21 heavy (non-hydrogen) atoms. The topological polar surface area (TPSA) is 61.3 Å². The molecule has 0 spiro atoms. The van der Waals surface area contributed by atoms with Crippen molar-refractivity contribution in [2.45, 2.75) is 24.4 Å². The normalized spacial score (nSPS) is 17.3. The molecular weight excluding hydrogens is 260 g/mol. The minimum Gasteiger partial charge on any atom is -0.379 e. The van der Waals surface area contributed by atoms with E-state index < -0.39 is 5.66 Å². The van der Waals surface area contributed by atoms with E-state index in [-0.39, 0.29) is 5.41 Å². The Morgan fingerprint density at radius 1 is 1.00 bits per heavy atom. The summed E-state index contributed by atoms with van der Waals surface area (Å²) >= 11 is 0. The highest BCUT2D eigenvalue weighted by atomic mass is 16.5. The molecule has 0 radical (unpaired) electrons. The predicted molar refractivity (Wildman–Crippen MR) is 84.8 cm³/mol. The van der Waals surface area contributed by atoms with E-state index in [0.717, 1.165) is 30.8 Å². The van der Waals surface area contributed by atoms with Crippen molar-refractivity contribution in [3.8, 4) is 0 Å². The number of hydrogen-bond donors (Lipinski definition) is 2. The Hall–Kier alpha value is -1.68. The van der Waals surface area contributed by atoms with Gasteiger partial charge in [-0.15, -0.1) is 0 Å². The summed E-state index contributed by atoms with van der Waals surface area (Å²) < 4.78 is 5.48. The molecule has 3 rings (SSSR count). The average Bonchev–Trinajstić information content (AvgIpc) is 2.48. The molecule has 3 heteroatoms. The Balaban J connectivity index is 2.11. The highest BCUT2D eigenvalue weighted by molar-refractivity contribution is 5.45. The van der Waals surface area contributed by atoms with Gasteiger partial charge in [0.1, 0.15) is 5.66 Å². The fraction of sp³-hybridized carbons (Fsp3) is 0.333. The third-order valence-electron chi connectivity index (χ3n) is 4.63. The maximum absolute atomic E-state index is 6.53. The van der Waals surface area contributed by atoms with Crippen LogP contribution in [-0.4, -0.2) is 13.2 Å². The highest BCUT2D eigenvalue weighted by Gasteiger charge is 2.42. The molecule has 0 aromatic heterocycles. The van der Waals surface area contributed by atoms with Crippen molar-refractivity contribution in [3.63, 3.8) is 0 Å². The van der Waals surface area contributed by atoms with Crippen LogP contribution in [0.5, 0.6) is 0 Å². The van der Waals surface area contributed by atoms with Gasteiger partial charge in [-0.05, 0) is 23.1 Å². The Labute approximate surface area is 125 Å². The van der Waals surface area contributed by atoms with Crippen LogP contribution >= 0.6 is 0 Å². The number of hydrogen-bond acceptors (Lipinski definition) is 3. The van der Waals surface area contributed by atoms with Crippen molar-refractivity contribution in [2.24, 2.45) is 11.5 Å². The molecule has 1 heterocycles. The van der Waals surface area contributed by atoms with Crippen molar-refractivity contribution >= 4 is 0 Å². The van der Waals surface area contributed by atoms with Crippen molar-refractivity contribution < 1.29 is 4.74 Å². The SMILES string of the molecule is CCC1(c2ccccc2C(N)(N)c2ccccc2)COC1. The van der Waals surface area contributed by atoms with Gasteiger partial charge in [-0.1, -0.05) is 61.5 Å². The average molecular weight is 282 g/mol. The first-order valence-corrected chi connectivity index (χ1v) is 7.41. The van der Waals surface area contributed by atoms with Gasteiger partial charge in [-0.2, -0.15) is 0 Å². The molecule has 0 saturated carbocycles. The van der Waals surface area contributed by atoms with E-state index in [1.807, 2.05) is 42.5 Å². The van der Waals surface area contributed by atoms with E-state index in [2.05, 4.69) is 19.1 Å². The van der Waals surface area contributed by atoms with Gasteiger partial charge in [0, 0.05) is 5.41 Å². The van der Waals surface area contributed by atoms with E-state index in [4.69, 9.17) is 16.2 Å². The van der Waals surface area contributed by atoms with Crippen molar-refractivity contribution in [2.75, 3.05) is 13.2 Å². The molecular formula is C18H22N2O. The molecule has 0 aliphatic carbocycles. The van der Waals surface area contributed by atoms with Crippen molar-refractivity contribution in [1.82, 2.24) is 0 Å². The van der Waals surface area contributed by atoms with Crippen molar-refractivity contribution in [1.29, 1.82) is 0 Å². The number of nitrogens with two attached hydrogens (primary N) is 2. The monoisotopic (exact) mass is 282 g/mol. The number of rotatable bonds is 4. The first kappa shape index (κ1) is 14.3. The van der Waals surface area contributed by atoms with Gasteiger partial charge >= 0.3 is 0 Å². The Morgan fingerprint density at radius 2 is 1.62 bits per heavy atom. The minimum absolute atomic E-state index is 0.0510. The molecule has 1 fully saturated rings. The van der Waals surface area contributed by atoms with Gasteiger partial charge in [0.2, 0.25) is 0 Å². The zero-order valence-corrected chi connectivity index (χ0v) is 12.4. The van der Waals surface area contributed by atoms with E-state index in [0.29, 0.717) is 0 Å². The number of benzene rings is 2. The molecule has 0 bridgehead atoms. The highest BCUT2D eigenvalue weighted by Crippen LogP contribution is 2.40. The van der Waals surface area contributed by atoms with E-state index >= 15 is 0 Å². The largest absolute Gasteiger partial charge is 0.379 e. The minimum atomic E-state index is -0.990. The van der Waals surface area contributed by atoms with Crippen LogP contribution < -0.4 is 11.5 Å². The quantitative estimate of drug-likeness (QED) is 0.847. The van der Waals surface area contributed by atoms with E-state index in [1.165, 1.54) is 5.56 Å². The Morgan fingerprint density at radius 3 is 2.19 bits per heavy atom. The Bertz CT molecular complexity index is 613. The first-order valence-electron chi connectivity index (χ1n) is 7.41. The summed E-state index contributed by atoms with van der Waals surface area (Å²) in [5, 5.41) is 0. The number of ether oxygens (including phenoxy) is 1. The summed E-state index contributed by atoms with van der Waals surface area (Å²) in [6.07, 6.45) is 1.02. The lowest BCUT2D eigenvalue weighted by Crippen LogP contribution is -2.52. The summed E-state index contributed by atoms with van der Waals surface area (Å²) in [6, 6.07) is 18.1. The van der Waals surface area contributed by atoms with E-state index in [9.17, 15) is 0 Å². The van der Waals surface area contributed by atoms with Gasteiger partial charge in [-0.3, -0.25) is 0 Å². The van der Waals surface area contributed by atoms with Crippen LogP contribution in [0.15, 0.2) is 54.6 Å². The van der Waals surface area contributed by atoms with Crippen LogP contribution in [0.25, 0.3) is 0 Å². The molecule has 0 unspecified atom stereocenters. The summed E-state index contributed by atoms with van der Waals surface area (Å²) in [4.78, 5) is 0. The summed E-state index contributed by atoms with van der Waals surface area (Å²) in [6.45, 7) is 3.67. The fourth-order valence-corrected chi connectivity index (χ4v) is 3.07. The second-order valence-corrected chi connectivity index (χ2v) is 5.91. The molecule has 4 N–H and O–H groups in total. The molecule has 3 nitrogen and oxygen atoms in total. The maximum Gasteiger partial charge on any atom is 0.117 e. The van der Waals surface area contributed by atoms with Crippen LogP contribution in [-0.2, 0) is 15.8 Å². The van der Waals surface area contributed by atoms with Crippen LogP contribution in [0.2, 0.25) is 0 Å². The third-order valence-corrected chi connectivity index (χ3v) is 4.63. The van der Waals surface area contributed by atoms with Gasteiger partial charge in [-0.25, -0.2) is 0 Å². The standard InChI is InChI=1S/C18H22N2O/c1-2-17(12-21-13-17)15-10-6-7-11-16(15)18(19,20)14-8-4-3-5-9-14/h3-11H,2,12-13,19-20H2,1H3. The predicted octanol–water partition coefficient (Wildman–Crippen LogP) is 2.48.